The fourth-order valence-electron chi connectivity index (χ4n) is 0.821. The van der Waals surface area contributed by atoms with Crippen molar-refractivity contribution in [1.82, 2.24) is 0 Å². The second-order valence-electron chi connectivity index (χ2n) is 2.30. The Bertz CT molecular complexity index is 223. The molecule has 74 valence electrons. The molecule has 0 saturated carbocycles. The van der Waals surface area contributed by atoms with E-state index in [1.165, 1.54) is 24.3 Å². The van der Waals surface area contributed by atoms with Gasteiger partial charge in [0.1, 0.15) is 5.82 Å². The Labute approximate surface area is 78.2 Å². The molecule has 1 aromatic rings. The van der Waals surface area contributed by atoms with Crippen molar-refractivity contribution < 1.29 is 9.50 Å². The fraction of sp³-hybridized carbons (Fsp3) is 0.400. The van der Waals surface area contributed by atoms with Gasteiger partial charge in [-0.15, -0.1) is 0 Å². The van der Waals surface area contributed by atoms with Crippen LogP contribution < -0.4 is 5.73 Å². The maximum absolute atomic E-state index is 12.3. The zero-order valence-corrected chi connectivity index (χ0v) is 8.00. The first-order valence-corrected chi connectivity index (χ1v) is 4.37. The van der Waals surface area contributed by atoms with E-state index in [0.29, 0.717) is 5.56 Å². The highest BCUT2D eigenvalue weighted by Gasteiger charge is 2.03. The molecule has 13 heavy (non-hydrogen) atoms. The number of aliphatic hydroxyl groups is 1. The lowest BCUT2D eigenvalue weighted by molar-refractivity contribution is 0.186. The van der Waals surface area contributed by atoms with Crippen LogP contribution in [-0.4, -0.2) is 11.7 Å². The Balaban J connectivity index is 0.000000671. The quantitative estimate of drug-likeness (QED) is 0.738. The Morgan fingerprint density at radius 1 is 1.31 bits per heavy atom. The highest BCUT2D eigenvalue weighted by molar-refractivity contribution is 5.18. The number of halogens is 1. The van der Waals surface area contributed by atoms with E-state index in [1.54, 1.807) is 0 Å². The number of hydrogen-bond acceptors (Lipinski definition) is 2. The van der Waals surface area contributed by atoms with Gasteiger partial charge in [-0.25, -0.2) is 4.39 Å². The highest BCUT2D eigenvalue weighted by Crippen LogP contribution is 2.11. The number of benzene rings is 1. The Kier molecular flexibility index (Phi) is 6.10. The number of nitrogens with two attached hydrogens (primary N) is 1. The minimum Gasteiger partial charge on any atom is -0.387 e. The van der Waals surface area contributed by atoms with Gasteiger partial charge in [0.15, 0.2) is 0 Å². The summed E-state index contributed by atoms with van der Waals surface area (Å²) in [5.74, 6) is -0.307. The van der Waals surface area contributed by atoms with E-state index < -0.39 is 6.10 Å². The van der Waals surface area contributed by atoms with Crippen LogP contribution in [0.1, 0.15) is 25.5 Å². The van der Waals surface area contributed by atoms with Crippen LogP contribution in [0.15, 0.2) is 24.3 Å². The average Bonchev–Trinajstić information content (AvgIpc) is 2.21. The van der Waals surface area contributed by atoms with Gasteiger partial charge in [0.25, 0.3) is 0 Å². The number of aliphatic hydroxyl groups excluding tert-OH is 1. The molecule has 0 aliphatic heterocycles. The SMILES string of the molecule is CC.NCC(O)c1ccc(F)cc1. The molecule has 0 amide bonds. The lowest BCUT2D eigenvalue weighted by atomic mass is 10.1. The van der Waals surface area contributed by atoms with E-state index in [2.05, 4.69) is 0 Å². The van der Waals surface area contributed by atoms with Crippen LogP contribution in [0.2, 0.25) is 0 Å². The van der Waals surface area contributed by atoms with Gasteiger partial charge in [-0.05, 0) is 17.7 Å². The summed E-state index contributed by atoms with van der Waals surface area (Å²) >= 11 is 0. The molecule has 0 aromatic heterocycles. The number of hydrogen-bond donors (Lipinski definition) is 2. The van der Waals surface area contributed by atoms with Crippen LogP contribution in [0.4, 0.5) is 4.39 Å². The summed E-state index contributed by atoms with van der Waals surface area (Å²) in [6.45, 7) is 4.16. The van der Waals surface area contributed by atoms with Crippen LogP contribution >= 0.6 is 0 Å². The smallest absolute Gasteiger partial charge is 0.123 e. The van der Waals surface area contributed by atoms with Crippen molar-refractivity contribution in [3.63, 3.8) is 0 Å². The molecule has 0 heterocycles. The fourth-order valence-corrected chi connectivity index (χ4v) is 0.821. The van der Waals surface area contributed by atoms with Crippen molar-refractivity contribution in [2.24, 2.45) is 5.73 Å². The molecule has 0 bridgehead atoms. The summed E-state index contributed by atoms with van der Waals surface area (Å²) in [5, 5.41) is 9.17. The van der Waals surface area contributed by atoms with Crippen LogP contribution in [0.3, 0.4) is 0 Å². The third-order valence-corrected chi connectivity index (χ3v) is 1.48. The zero-order chi connectivity index (χ0) is 10.3. The second kappa shape index (κ2) is 6.57. The molecule has 0 radical (unpaired) electrons. The molecule has 1 atom stereocenters. The van der Waals surface area contributed by atoms with E-state index in [-0.39, 0.29) is 12.4 Å². The van der Waals surface area contributed by atoms with E-state index >= 15 is 0 Å². The monoisotopic (exact) mass is 185 g/mol. The van der Waals surface area contributed by atoms with E-state index in [9.17, 15) is 9.50 Å². The predicted molar refractivity (Wildman–Crippen MR) is 51.8 cm³/mol. The molecular weight excluding hydrogens is 169 g/mol. The minimum absolute atomic E-state index is 0.158. The van der Waals surface area contributed by atoms with Crippen LogP contribution in [0.5, 0.6) is 0 Å². The van der Waals surface area contributed by atoms with Crippen molar-refractivity contribution in [2.75, 3.05) is 6.54 Å². The number of rotatable bonds is 2. The van der Waals surface area contributed by atoms with Crippen LogP contribution in [0.25, 0.3) is 0 Å². The molecule has 1 aromatic carbocycles. The first-order chi connectivity index (χ1) is 6.24. The third-order valence-electron chi connectivity index (χ3n) is 1.48. The van der Waals surface area contributed by atoms with Crippen molar-refractivity contribution in [3.8, 4) is 0 Å². The zero-order valence-electron chi connectivity index (χ0n) is 8.00. The Morgan fingerprint density at radius 3 is 2.15 bits per heavy atom. The molecule has 2 nitrogen and oxygen atoms in total. The average molecular weight is 185 g/mol. The molecule has 1 unspecified atom stereocenters. The summed E-state index contributed by atoms with van der Waals surface area (Å²) in [5.41, 5.74) is 5.85. The van der Waals surface area contributed by atoms with Crippen molar-refractivity contribution in [2.45, 2.75) is 20.0 Å². The molecular formula is C10H16FNO. The van der Waals surface area contributed by atoms with Gasteiger partial charge in [0, 0.05) is 6.54 Å². The lowest BCUT2D eigenvalue weighted by Gasteiger charge is -2.06. The molecule has 0 spiro atoms. The van der Waals surface area contributed by atoms with Crippen LogP contribution in [0, 0.1) is 5.82 Å². The minimum atomic E-state index is -0.685. The van der Waals surface area contributed by atoms with Gasteiger partial charge in [-0.2, -0.15) is 0 Å². The third kappa shape index (κ3) is 4.01. The molecule has 3 N–H and O–H groups in total. The van der Waals surface area contributed by atoms with E-state index in [0.717, 1.165) is 0 Å². The van der Waals surface area contributed by atoms with E-state index in [4.69, 9.17) is 5.73 Å². The summed E-state index contributed by atoms with van der Waals surface area (Å²) in [4.78, 5) is 0. The van der Waals surface area contributed by atoms with Crippen molar-refractivity contribution in [3.05, 3.63) is 35.6 Å². The van der Waals surface area contributed by atoms with Gasteiger partial charge in [0.2, 0.25) is 0 Å². The maximum Gasteiger partial charge on any atom is 0.123 e. The summed E-state index contributed by atoms with van der Waals surface area (Å²) in [7, 11) is 0. The van der Waals surface area contributed by atoms with Gasteiger partial charge >= 0.3 is 0 Å². The highest BCUT2D eigenvalue weighted by atomic mass is 19.1. The standard InChI is InChI=1S/C8H10FNO.C2H6/c9-7-3-1-6(2-4-7)8(11)5-10;1-2/h1-4,8,11H,5,10H2;1-2H3. The van der Waals surface area contributed by atoms with Crippen LogP contribution in [-0.2, 0) is 0 Å². The largest absolute Gasteiger partial charge is 0.387 e. The lowest BCUT2D eigenvalue weighted by Crippen LogP contribution is -2.11. The van der Waals surface area contributed by atoms with Gasteiger partial charge in [0.05, 0.1) is 6.10 Å². The molecule has 3 heteroatoms. The second-order valence-corrected chi connectivity index (χ2v) is 2.30. The Morgan fingerprint density at radius 2 is 1.77 bits per heavy atom. The summed E-state index contributed by atoms with van der Waals surface area (Å²) < 4.78 is 12.3. The molecule has 0 aliphatic rings. The van der Waals surface area contributed by atoms with Gasteiger partial charge in [-0.3, -0.25) is 0 Å². The normalized spacial score (nSPS) is 11.5. The Hall–Kier alpha value is -0.930. The van der Waals surface area contributed by atoms with Crippen molar-refractivity contribution >= 4 is 0 Å². The van der Waals surface area contributed by atoms with Crippen molar-refractivity contribution in [1.29, 1.82) is 0 Å². The van der Waals surface area contributed by atoms with Gasteiger partial charge in [-0.1, -0.05) is 26.0 Å². The first-order valence-electron chi connectivity index (χ1n) is 4.37. The molecule has 0 saturated heterocycles. The predicted octanol–water partition coefficient (Wildman–Crippen LogP) is 1.84. The first kappa shape index (κ1) is 12.1. The summed E-state index contributed by atoms with van der Waals surface area (Å²) in [6, 6.07) is 5.64. The van der Waals surface area contributed by atoms with E-state index in [1.807, 2.05) is 13.8 Å². The topological polar surface area (TPSA) is 46.2 Å². The molecule has 0 aliphatic carbocycles. The maximum atomic E-state index is 12.3. The summed E-state index contributed by atoms with van der Waals surface area (Å²) in [6.07, 6.45) is -0.685. The van der Waals surface area contributed by atoms with Gasteiger partial charge < -0.3 is 10.8 Å². The molecule has 1 rings (SSSR count). The molecule has 0 fully saturated rings.